The first-order valence-corrected chi connectivity index (χ1v) is 9.65. The summed E-state index contributed by atoms with van der Waals surface area (Å²) in [6, 6.07) is 3.53. The zero-order valence-electron chi connectivity index (χ0n) is 15.4. The number of rotatable bonds is 8. The van der Waals surface area contributed by atoms with Crippen molar-refractivity contribution in [3.05, 3.63) is 29.5 Å². The number of amides is 1. The molecule has 3 rings (SSSR count). The summed E-state index contributed by atoms with van der Waals surface area (Å²) in [5, 5.41) is 14.3. The van der Waals surface area contributed by atoms with Crippen LogP contribution in [0.4, 0.5) is 5.82 Å². The van der Waals surface area contributed by atoms with Gasteiger partial charge in [0.1, 0.15) is 5.82 Å². The zero-order chi connectivity index (χ0) is 18.0. The fourth-order valence-corrected chi connectivity index (χ4v) is 3.27. The summed E-state index contributed by atoms with van der Waals surface area (Å²) < 4.78 is 5.34. The third-order valence-corrected chi connectivity index (χ3v) is 4.85. The molecular formula is C19H29N5O2. The highest BCUT2D eigenvalue weighted by atomic mass is 16.5. The lowest BCUT2D eigenvalue weighted by Crippen LogP contribution is -2.39. The minimum atomic E-state index is -0.159. The molecule has 26 heavy (non-hydrogen) atoms. The van der Waals surface area contributed by atoms with Crippen LogP contribution in [-0.4, -0.2) is 66.9 Å². The van der Waals surface area contributed by atoms with Crippen LogP contribution in [0.15, 0.2) is 23.8 Å². The van der Waals surface area contributed by atoms with Crippen LogP contribution >= 0.6 is 0 Å². The number of hydrogen-bond donors (Lipinski definition) is 2. The van der Waals surface area contributed by atoms with E-state index in [1.54, 1.807) is 6.07 Å². The van der Waals surface area contributed by atoms with E-state index >= 15 is 0 Å². The van der Waals surface area contributed by atoms with Crippen LogP contribution in [0.5, 0.6) is 0 Å². The highest BCUT2D eigenvalue weighted by Gasteiger charge is 2.11. The van der Waals surface area contributed by atoms with Crippen LogP contribution in [-0.2, 0) is 4.74 Å². The molecule has 0 bridgehead atoms. The monoisotopic (exact) mass is 359 g/mol. The molecule has 2 N–H and O–H groups in total. The number of allylic oxidation sites excluding steroid dienone is 1. The van der Waals surface area contributed by atoms with E-state index in [0.29, 0.717) is 18.1 Å². The van der Waals surface area contributed by atoms with Crippen LogP contribution in [0.3, 0.4) is 0 Å². The van der Waals surface area contributed by atoms with E-state index in [-0.39, 0.29) is 5.91 Å². The Balaban J connectivity index is 1.36. The molecular weight excluding hydrogens is 330 g/mol. The molecule has 1 aromatic rings. The van der Waals surface area contributed by atoms with Gasteiger partial charge in [-0.25, -0.2) is 0 Å². The molecule has 1 saturated heterocycles. The Kier molecular flexibility index (Phi) is 7.39. The Labute approximate surface area is 155 Å². The van der Waals surface area contributed by atoms with Crippen molar-refractivity contribution in [2.75, 3.05) is 51.3 Å². The molecule has 0 radical (unpaired) electrons. The van der Waals surface area contributed by atoms with Gasteiger partial charge in [0.15, 0.2) is 5.69 Å². The predicted octanol–water partition coefficient (Wildman–Crippen LogP) is 1.84. The van der Waals surface area contributed by atoms with Gasteiger partial charge in [0.2, 0.25) is 0 Å². The molecule has 1 amide bonds. The molecule has 0 aromatic carbocycles. The molecule has 2 aliphatic rings. The number of hydrogen-bond acceptors (Lipinski definition) is 6. The van der Waals surface area contributed by atoms with Crippen LogP contribution < -0.4 is 10.6 Å². The third-order valence-electron chi connectivity index (χ3n) is 4.85. The van der Waals surface area contributed by atoms with Crippen molar-refractivity contribution in [2.45, 2.75) is 32.1 Å². The van der Waals surface area contributed by atoms with Gasteiger partial charge in [-0.3, -0.25) is 9.69 Å². The average Bonchev–Trinajstić information content (AvgIpc) is 2.70. The molecule has 1 aliphatic heterocycles. The quantitative estimate of drug-likeness (QED) is 0.690. The Morgan fingerprint density at radius 1 is 1.15 bits per heavy atom. The van der Waals surface area contributed by atoms with Crippen molar-refractivity contribution in [3.8, 4) is 0 Å². The summed E-state index contributed by atoms with van der Waals surface area (Å²) in [4.78, 5) is 14.5. The summed E-state index contributed by atoms with van der Waals surface area (Å²) >= 11 is 0. The standard InChI is InChI=1S/C19H29N5O2/c25-19(21-9-8-16-4-2-1-3-5-16)17-6-7-18(23-22-17)20-10-11-24-12-14-26-15-13-24/h4,6-7H,1-3,5,8-15H2,(H,20,23)(H,21,25). The Morgan fingerprint density at radius 3 is 2.77 bits per heavy atom. The summed E-state index contributed by atoms with van der Waals surface area (Å²) in [5.74, 6) is 0.538. The highest BCUT2D eigenvalue weighted by molar-refractivity contribution is 5.92. The molecule has 142 valence electrons. The van der Waals surface area contributed by atoms with E-state index in [2.05, 4.69) is 31.8 Å². The van der Waals surface area contributed by atoms with Crippen LogP contribution in [0.1, 0.15) is 42.6 Å². The maximum Gasteiger partial charge on any atom is 0.271 e. The van der Waals surface area contributed by atoms with Crippen molar-refractivity contribution in [1.82, 2.24) is 20.4 Å². The summed E-state index contributed by atoms with van der Waals surface area (Å²) in [7, 11) is 0. The lowest BCUT2D eigenvalue weighted by molar-refractivity contribution is 0.0398. The lowest BCUT2D eigenvalue weighted by atomic mass is 9.97. The topological polar surface area (TPSA) is 79.4 Å². The van der Waals surface area contributed by atoms with Gasteiger partial charge in [0, 0.05) is 32.7 Å². The second-order valence-electron chi connectivity index (χ2n) is 6.80. The van der Waals surface area contributed by atoms with E-state index < -0.39 is 0 Å². The number of aromatic nitrogens is 2. The van der Waals surface area contributed by atoms with E-state index in [0.717, 1.165) is 45.8 Å². The van der Waals surface area contributed by atoms with E-state index in [4.69, 9.17) is 4.74 Å². The van der Waals surface area contributed by atoms with Gasteiger partial charge in [-0.15, -0.1) is 10.2 Å². The Hall–Kier alpha value is -1.99. The van der Waals surface area contributed by atoms with Crippen molar-refractivity contribution in [3.63, 3.8) is 0 Å². The van der Waals surface area contributed by atoms with Crippen molar-refractivity contribution in [1.29, 1.82) is 0 Å². The second kappa shape index (κ2) is 10.2. The number of ether oxygens (including phenoxy) is 1. The maximum atomic E-state index is 12.1. The van der Waals surface area contributed by atoms with Gasteiger partial charge < -0.3 is 15.4 Å². The van der Waals surface area contributed by atoms with Crippen LogP contribution in [0.25, 0.3) is 0 Å². The number of anilines is 1. The van der Waals surface area contributed by atoms with Crippen LogP contribution in [0, 0.1) is 0 Å². The van der Waals surface area contributed by atoms with Crippen molar-refractivity contribution < 1.29 is 9.53 Å². The highest BCUT2D eigenvalue weighted by Crippen LogP contribution is 2.19. The Morgan fingerprint density at radius 2 is 2.04 bits per heavy atom. The minimum absolute atomic E-state index is 0.159. The van der Waals surface area contributed by atoms with Gasteiger partial charge >= 0.3 is 0 Å². The fourth-order valence-electron chi connectivity index (χ4n) is 3.27. The largest absolute Gasteiger partial charge is 0.379 e. The summed E-state index contributed by atoms with van der Waals surface area (Å²) in [6.45, 7) is 5.97. The zero-order valence-corrected chi connectivity index (χ0v) is 15.4. The molecule has 0 saturated carbocycles. The maximum absolute atomic E-state index is 12.1. The predicted molar refractivity (Wildman–Crippen MR) is 101 cm³/mol. The molecule has 7 heteroatoms. The van der Waals surface area contributed by atoms with E-state index in [1.165, 1.54) is 31.3 Å². The number of nitrogens with one attached hydrogen (secondary N) is 2. The summed E-state index contributed by atoms with van der Waals surface area (Å²) in [6.07, 6.45) is 8.14. The SMILES string of the molecule is O=C(NCCC1=CCCCC1)c1ccc(NCCN2CCOCC2)nn1. The number of morpholine rings is 1. The number of nitrogens with zero attached hydrogens (tertiary/aromatic N) is 3. The van der Waals surface area contributed by atoms with E-state index in [9.17, 15) is 4.79 Å². The van der Waals surface area contributed by atoms with Crippen LogP contribution in [0.2, 0.25) is 0 Å². The van der Waals surface area contributed by atoms with Crippen molar-refractivity contribution in [2.24, 2.45) is 0 Å². The van der Waals surface area contributed by atoms with Gasteiger partial charge in [-0.1, -0.05) is 11.6 Å². The molecule has 1 aliphatic carbocycles. The Bertz CT molecular complexity index is 596. The van der Waals surface area contributed by atoms with Gasteiger partial charge in [0.05, 0.1) is 13.2 Å². The first kappa shape index (κ1) is 18.8. The first-order valence-electron chi connectivity index (χ1n) is 9.65. The second-order valence-corrected chi connectivity index (χ2v) is 6.80. The smallest absolute Gasteiger partial charge is 0.271 e. The fraction of sp³-hybridized carbons (Fsp3) is 0.632. The molecule has 7 nitrogen and oxygen atoms in total. The van der Waals surface area contributed by atoms with Crippen molar-refractivity contribution >= 4 is 11.7 Å². The number of carbonyl (C=O) groups excluding carboxylic acids is 1. The average molecular weight is 359 g/mol. The molecule has 1 fully saturated rings. The molecule has 0 spiro atoms. The molecule has 0 unspecified atom stereocenters. The summed E-state index contributed by atoms with van der Waals surface area (Å²) in [5.41, 5.74) is 1.82. The molecule has 1 aromatic heterocycles. The van der Waals surface area contributed by atoms with E-state index in [1.807, 2.05) is 6.07 Å². The molecule has 2 heterocycles. The lowest BCUT2D eigenvalue weighted by Gasteiger charge is -2.26. The van der Waals surface area contributed by atoms with Gasteiger partial charge in [-0.05, 0) is 44.2 Å². The van der Waals surface area contributed by atoms with Gasteiger partial charge in [-0.2, -0.15) is 0 Å². The minimum Gasteiger partial charge on any atom is -0.379 e. The number of carbonyl (C=O) groups is 1. The first-order chi connectivity index (χ1) is 12.8. The van der Waals surface area contributed by atoms with Gasteiger partial charge in [0.25, 0.3) is 5.91 Å². The molecule has 0 atom stereocenters. The normalized spacial score (nSPS) is 18.2. The third kappa shape index (κ3) is 6.07.